The highest BCUT2D eigenvalue weighted by Gasteiger charge is 2.32. The average Bonchev–Trinajstić information content (AvgIpc) is 3.14. The Kier molecular flexibility index (Phi) is 5.93. The van der Waals surface area contributed by atoms with Crippen molar-refractivity contribution in [3.05, 3.63) is 69.0 Å². The Labute approximate surface area is 184 Å². The van der Waals surface area contributed by atoms with E-state index in [1.165, 1.54) is 22.0 Å². The van der Waals surface area contributed by atoms with Crippen LogP contribution in [-0.4, -0.2) is 47.0 Å². The third-order valence-electron chi connectivity index (χ3n) is 5.27. The molecule has 1 aliphatic heterocycles. The number of thiophene rings is 1. The maximum Gasteiger partial charge on any atom is 0.261 e. The summed E-state index contributed by atoms with van der Waals surface area (Å²) >= 11 is 1.44. The largest absolute Gasteiger partial charge is 0.370 e. The highest BCUT2D eigenvalue weighted by Crippen LogP contribution is 2.38. The minimum absolute atomic E-state index is 0.0145. The number of nitrogens with zero attached hydrogens (tertiary/aromatic N) is 2. The van der Waals surface area contributed by atoms with Gasteiger partial charge in [-0.25, -0.2) is 0 Å². The van der Waals surface area contributed by atoms with E-state index in [1.807, 2.05) is 38.1 Å². The Hall–Kier alpha value is -2.97. The number of aromatic nitrogens is 1. The lowest BCUT2D eigenvalue weighted by atomic mass is 10.0. The molecular formula is C23H25N3O4S. The number of carbonyl (C=O) groups is 2. The van der Waals surface area contributed by atoms with E-state index in [0.29, 0.717) is 30.1 Å². The van der Waals surface area contributed by atoms with Crippen LogP contribution >= 0.6 is 11.3 Å². The Morgan fingerprint density at radius 3 is 2.71 bits per heavy atom. The molecule has 1 fully saturated rings. The fraction of sp³-hybridized carbons (Fsp3) is 0.348. The Morgan fingerprint density at radius 1 is 1.19 bits per heavy atom. The van der Waals surface area contributed by atoms with Gasteiger partial charge in [0.05, 0.1) is 23.6 Å². The molecule has 7 nitrogen and oxygen atoms in total. The van der Waals surface area contributed by atoms with E-state index >= 15 is 0 Å². The Bertz CT molecular complexity index is 1200. The van der Waals surface area contributed by atoms with Crippen molar-refractivity contribution in [3.8, 4) is 0 Å². The number of benzene rings is 1. The normalized spacial score (nSPS) is 16.6. The van der Waals surface area contributed by atoms with Crippen LogP contribution in [0.4, 0.5) is 0 Å². The van der Waals surface area contributed by atoms with Crippen molar-refractivity contribution in [3.63, 3.8) is 0 Å². The van der Waals surface area contributed by atoms with Crippen LogP contribution in [0.3, 0.4) is 0 Å². The number of fused-ring (bicyclic) bond motifs is 1. The SMILES string of the molecule is CC(C)NC(=O)c1sc2ccccc2c1C1CN(C(=O)c2ccc(=O)n(C)c2)CCO1. The molecule has 1 unspecified atom stereocenters. The van der Waals surface area contributed by atoms with E-state index in [2.05, 4.69) is 5.32 Å². The first kappa shape index (κ1) is 21.3. The van der Waals surface area contributed by atoms with Crippen molar-refractivity contribution in [2.24, 2.45) is 7.05 Å². The zero-order chi connectivity index (χ0) is 22.1. The predicted octanol–water partition coefficient (Wildman–Crippen LogP) is 2.95. The molecule has 0 saturated carbocycles. The summed E-state index contributed by atoms with van der Waals surface area (Å²) < 4.78 is 8.47. The lowest BCUT2D eigenvalue weighted by Crippen LogP contribution is -2.43. The second-order valence-electron chi connectivity index (χ2n) is 7.95. The molecule has 1 atom stereocenters. The van der Waals surface area contributed by atoms with Crippen molar-refractivity contribution in [2.75, 3.05) is 19.7 Å². The first-order valence-corrected chi connectivity index (χ1v) is 11.1. The van der Waals surface area contributed by atoms with Gasteiger partial charge in [0, 0.05) is 42.2 Å². The van der Waals surface area contributed by atoms with E-state index in [1.54, 1.807) is 24.2 Å². The molecule has 1 aromatic carbocycles. The number of amides is 2. The van der Waals surface area contributed by atoms with Gasteiger partial charge in [-0.3, -0.25) is 14.4 Å². The lowest BCUT2D eigenvalue weighted by Gasteiger charge is -2.33. The van der Waals surface area contributed by atoms with Crippen LogP contribution in [0.15, 0.2) is 47.4 Å². The smallest absolute Gasteiger partial charge is 0.261 e. The van der Waals surface area contributed by atoms with Gasteiger partial charge in [0.2, 0.25) is 5.56 Å². The topological polar surface area (TPSA) is 80.6 Å². The molecule has 1 N–H and O–H groups in total. The average molecular weight is 440 g/mol. The lowest BCUT2D eigenvalue weighted by molar-refractivity contribution is -0.0222. The summed E-state index contributed by atoms with van der Waals surface area (Å²) in [5.74, 6) is -0.284. The van der Waals surface area contributed by atoms with Gasteiger partial charge in [-0.1, -0.05) is 18.2 Å². The Balaban J connectivity index is 1.67. The molecule has 1 saturated heterocycles. The number of ether oxygens (including phenoxy) is 1. The van der Waals surface area contributed by atoms with Gasteiger partial charge in [0.15, 0.2) is 0 Å². The second-order valence-corrected chi connectivity index (χ2v) is 9.00. The fourth-order valence-electron chi connectivity index (χ4n) is 3.79. The number of rotatable bonds is 4. The number of hydrogen-bond acceptors (Lipinski definition) is 5. The molecule has 2 amide bonds. The zero-order valence-corrected chi connectivity index (χ0v) is 18.6. The minimum Gasteiger partial charge on any atom is -0.370 e. The minimum atomic E-state index is -0.408. The van der Waals surface area contributed by atoms with Crippen LogP contribution in [0, 0.1) is 0 Å². The van der Waals surface area contributed by atoms with Crippen molar-refractivity contribution >= 4 is 33.2 Å². The van der Waals surface area contributed by atoms with Crippen molar-refractivity contribution in [2.45, 2.75) is 26.0 Å². The van der Waals surface area contributed by atoms with Gasteiger partial charge in [-0.2, -0.15) is 0 Å². The zero-order valence-electron chi connectivity index (χ0n) is 17.8. The van der Waals surface area contributed by atoms with Crippen LogP contribution in [0.5, 0.6) is 0 Å². The van der Waals surface area contributed by atoms with Gasteiger partial charge in [0.25, 0.3) is 11.8 Å². The molecule has 31 heavy (non-hydrogen) atoms. The number of carbonyl (C=O) groups excluding carboxylic acids is 2. The molecule has 162 valence electrons. The highest BCUT2D eigenvalue weighted by atomic mass is 32.1. The molecule has 2 aromatic heterocycles. The van der Waals surface area contributed by atoms with Crippen LogP contribution < -0.4 is 10.9 Å². The summed E-state index contributed by atoms with van der Waals surface area (Å²) in [6, 6.07) is 10.8. The molecule has 1 aliphatic rings. The van der Waals surface area contributed by atoms with Gasteiger partial charge < -0.3 is 19.5 Å². The summed E-state index contributed by atoms with van der Waals surface area (Å²) in [4.78, 5) is 40.0. The standard InChI is InChI=1S/C23H25N3O4S/c1-14(2)24-22(28)21-20(16-6-4-5-7-18(16)31-21)17-13-26(10-11-30-17)23(29)15-8-9-19(27)25(3)12-15/h4-9,12,14,17H,10-11,13H2,1-3H3,(H,24,28). The third-order valence-corrected chi connectivity index (χ3v) is 6.45. The maximum absolute atomic E-state index is 13.1. The second kappa shape index (κ2) is 8.64. The molecule has 0 radical (unpaired) electrons. The summed E-state index contributed by atoms with van der Waals surface area (Å²) in [5.41, 5.74) is 1.12. The van der Waals surface area contributed by atoms with Crippen LogP contribution in [0.1, 0.15) is 45.5 Å². The Morgan fingerprint density at radius 2 is 1.97 bits per heavy atom. The molecule has 0 aliphatic carbocycles. The molecule has 0 spiro atoms. The van der Waals surface area contributed by atoms with E-state index in [-0.39, 0.29) is 23.4 Å². The molecule has 3 heterocycles. The van der Waals surface area contributed by atoms with Crippen LogP contribution in [-0.2, 0) is 11.8 Å². The van der Waals surface area contributed by atoms with Gasteiger partial charge in [0.1, 0.15) is 6.10 Å². The van der Waals surface area contributed by atoms with Gasteiger partial charge >= 0.3 is 0 Å². The third kappa shape index (κ3) is 4.26. The van der Waals surface area contributed by atoms with Crippen molar-refractivity contribution in [1.29, 1.82) is 0 Å². The fourth-order valence-corrected chi connectivity index (χ4v) is 4.95. The first-order valence-electron chi connectivity index (χ1n) is 10.2. The molecule has 0 bridgehead atoms. The number of hydrogen-bond donors (Lipinski definition) is 1. The van der Waals surface area contributed by atoms with Gasteiger partial charge in [-0.05, 0) is 31.4 Å². The number of morpholine rings is 1. The molecule has 8 heteroatoms. The molecule has 4 rings (SSSR count). The van der Waals surface area contributed by atoms with Crippen molar-refractivity contribution < 1.29 is 14.3 Å². The summed E-state index contributed by atoms with van der Waals surface area (Å²) in [5, 5.41) is 3.95. The number of aryl methyl sites for hydroxylation is 1. The van der Waals surface area contributed by atoms with E-state index in [4.69, 9.17) is 4.74 Å². The molecular weight excluding hydrogens is 414 g/mol. The quantitative estimate of drug-likeness (QED) is 0.678. The summed E-state index contributed by atoms with van der Waals surface area (Å²) in [6.45, 7) is 5.01. The van der Waals surface area contributed by atoms with E-state index < -0.39 is 6.10 Å². The maximum atomic E-state index is 13.1. The van der Waals surface area contributed by atoms with Gasteiger partial charge in [-0.15, -0.1) is 11.3 Å². The predicted molar refractivity (Wildman–Crippen MR) is 121 cm³/mol. The van der Waals surface area contributed by atoms with Crippen LogP contribution in [0.25, 0.3) is 10.1 Å². The highest BCUT2D eigenvalue weighted by molar-refractivity contribution is 7.21. The van der Waals surface area contributed by atoms with Crippen molar-refractivity contribution in [1.82, 2.24) is 14.8 Å². The van der Waals surface area contributed by atoms with E-state index in [9.17, 15) is 14.4 Å². The van der Waals surface area contributed by atoms with E-state index in [0.717, 1.165) is 15.6 Å². The summed E-state index contributed by atoms with van der Waals surface area (Å²) in [6.07, 6.45) is 1.14. The monoisotopic (exact) mass is 439 g/mol. The molecule has 3 aromatic rings. The number of nitrogens with one attached hydrogen (secondary N) is 1. The summed E-state index contributed by atoms with van der Waals surface area (Å²) in [7, 11) is 1.62. The van der Waals surface area contributed by atoms with Crippen LogP contribution in [0.2, 0.25) is 0 Å². The number of pyridine rings is 1. The first-order chi connectivity index (χ1) is 14.8.